The molecule has 1 heterocycles. The lowest BCUT2D eigenvalue weighted by Gasteiger charge is -2.27. The smallest absolute Gasteiger partial charge is 0.124 e. The van der Waals surface area contributed by atoms with E-state index in [1.165, 1.54) is 5.56 Å². The van der Waals surface area contributed by atoms with Crippen molar-refractivity contribution in [2.45, 2.75) is 71.3 Å². The predicted octanol–water partition coefficient (Wildman–Crippen LogP) is 4.08. The van der Waals surface area contributed by atoms with Crippen molar-refractivity contribution in [1.82, 2.24) is 5.32 Å². The van der Waals surface area contributed by atoms with Crippen molar-refractivity contribution in [1.29, 1.82) is 0 Å². The summed E-state index contributed by atoms with van der Waals surface area (Å²) >= 11 is 0. The third-order valence-corrected chi connectivity index (χ3v) is 3.87. The van der Waals surface area contributed by atoms with Crippen LogP contribution in [0.25, 0.3) is 0 Å². The fourth-order valence-electron chi connectivity index (χ4n) is 2.92. The molecule has 3 heteroatoms. The first kappa shape index (κ1) is 16.3. The zero-order chi connectivity index (χ0) is 15.2. The summed E-state index contributed by atoms with van der Waals surface area (Å²) in [5.74, 6) is 0.976. The van der Waals surface area contributed by atoms with Crippen LogP contribution in [0.15, 0.2) is 24.3 Å². The monoisotopic (exact) mass is 291 g/mol. The Hall–Kier alpha value is -1.06. The Kier molecular flexibility index (Phi) is 6.07. The highest BCUT2D eigenvalue weighted by Gasteiger charge is 2.31. The van der Waals surface area contributed by atoms with Crippen molar-refractivity contribution in [3.63, 3.8) is 0 Å². The average molecular weight is 291 g/mol. The van der Waals surface area contributed by atoms with Gasteiger partial charge >= 0.3 is 0 Å². The second kappa shape index (κ2) is 7.81. The van der Waals surface area contributed by atoms with E-state index in [0.29, 0.717) is 6.10 Å². The van der Waals surface area contributed by atoms with Gasteiger partial charge < -0.3 is 14.8 Å². The van der Waals surface area contributed by atoms with Gasteiger partial charge in [-0.3, -0.25) is 0 Å². The molecule has 1 fully saturated rings. The lowest BCUT2D eigenvalue weighted by atomic mass is 9.98. The second-order valence-electron chi connectivity index (χ2n) is 6.20. The maximum atomic E-state index is 6.12. The van der Waals surface area contributed by atoms with E-state index in [-0.39, 0.29) is 18.2 Å². The first-order valence-corrected chi connectivity index (χ1v) is 8.26. The predicted molar refractivity (Wildman–Crippen MR) is 86.8 cm³/mol. The molecule has 3 nitrogen and oxygen atoms in total. The molecule has 1 aromatic rings. The Bertz CT molecular complexity index is 433. The third-order valence-electron chi connectivity index (χ3n) is 3.87. The first-order valence-electron chi connectivity index (χ1n) is 8.26. The van der Waals surface area contributed by atoms with Gasteiger partial charge in [-0.05, 0) is 52.6 Å². The van der Waals surface area contributed by atoms with Gasteiger partial charge in [0, 0.05) is 5.56 Å². The molecule has 0 saturated carbocycles. The minimum atomic E-state index is 0.182. The van der Waals surface area contributed by atoms with E-state index < -0.39 is 0 Å². The summed E-state index contributed by atoms with van der Waals surface area (Å²) in [6, 6.07) is 8.56. The van der Waals surface area contributed by atoms with E-state index in [1.807, 2.05) is 6.07 Å². The number of nitrogens with one attached hydrogen (secondary N) is 1. The highest BCUT2D eigenvalue weighted by atomic mass is 16.5. The standard InChI is InChI=1S/C18H29NO2/c1-5-12-19-18(17-11-10-14(4)21-17)15-8-6-7-9-16(15)20-13(2)3/h6-9,13-14,17-19H,5,10-12H2,1-4H3. The van der Waals surface area contributed by atoms with Gasteiger partial charge in [0.05, 0.1) is 24.4 Å². The Morgan fingerprint density at radius 1 is 1.29 bits per heavy atom. The van der Waals surface area contributed by atoms with Gasteiger partial charge in [0.25, 0.3) is 0 Å². The van der Waals surface area contributed by atoms with Crippen molar-refractivity contribution in [3.05, 3.63) is 29.8 Å². The summed E-state index contributed by atoms with van der Waals surface area (Å²) in [5, 5.41) is 3.66. The first-order chi connectivity index (χ1) is 10.1. The molecule has 118 valence electrons. The van der Waals surface area contributed by atoms with E-state index in [1.54, 1.807) is 0 Å². The minimum absolute atomic E-state index is 0.182. The number of para-hydroxylation sites is 1. The lowest BCUT2D eigenvalue weighted by Crippen LogP contribution is -2.33. The third kappa shape index (κ3) is 4.45. The molecule has 0 spiro atoms. The molecule has 0 aliphatic carbocycles. The summed E-state index contributed by atoms with van der Waals surface area (Å²) in [6.45, 7) is 9.49. The van der Waals surface area contributed by atoms with Gasteiger partial charge in [0.2, 0.25) is 0 Å². The van der Waals surface area contributed by atoms with Gasteiger partial charge in [0.15, 0.2) is 0 Å². The molecule has 1 N–H and O–H groups in total. The Morgan fingerprint density at radius 3 is 2.67 bits per heavy atom. The van der Waals surface area contributed by atoms with E-state index in [4.69, 9.17) is 9.47 Å². The molecular formula is C18H29NO2. The molecular weight excluding hydrogens is 262 g/mol. The molecule has 3 atom stereocenters. The molecule has 0 amide bonds. The molecule has 0 radical (unpaired) electrons. The lowest BCUT2D eigenvalue weighted by molar-refractivity contribution is 0.0307. The summed E-state index contributed by atoms with van der Waals surface area (Å²) in [4.78, 5) is 0. The minimum Gasteiger partial charge on any atom is -0.491 e. The van der Waals surface area contributed by atoms with Gasteiger partial charge in [-0.15, -0.1) is 0 Å². The number of rotatable bonds is 7. The van der Waals surface area contributed by atoms with Gasteiger partial charge in [-0.1, -0.05) is 25.1 Å². The summed E-state index contributed by atoms with van der Waals surface area (Å²) in [6.07, 6.45) is 4.15. The zero-order valence-electron chi connectivity index (χ0n) is 13.8. The Morgan fingerprint density at radius 2 is 2.05 bits per heavy atom. The summed E-state index contributed by atoms with van der Waals surface area (Å²) in [7, 11) is 0. The van der Waals surface area contributed by atoms with Crippen LogP contribution in [0.4, 0.5) is 0 Å². The maximum Gasteiger partial charge on any atom is 0.124 e. The van der Waals surface area contributed by atoms with Gasteiger partial charge in [0.1, 0.15) is 5.75 Å². The van der Waals surface area contributed by atoms with Crippen molar-refractivity contribution in [2.75, 3.05) is 6.54 Å². The average Bonchev–Trinajstić information content (AvgIpc) is 2.87. The molecule has 1 aliphatic heterocycles. The molecule has 3 unspecified atom stereocenters. The number of hydrogen-bond acceptors (Lipinski definition) is 3. The zero-order valence-corrected chi connectivity index (χ0v) is 13.8. The normalized spacial score (nSPS) is 23.5. The number of ether oxygens (including phenoxy) is 2. The van der Waals surface area contributed by atoms with E-state index in [2.05, 4.69) is 51.2 Å². The molecule has 0 bridgehead atoms. The maximum absolute atomic E-state index is 6.12. The second-order valence-corrected chi connectivity index (χ2v) is 6.20. The molecule has 1 aromatic carbocycles. The van der Waals surface area contributed by atoms with Crippen LogP contribution in [-0.4, -0.2) is 24.9 Å². The van der Waals surface area contributed by atoms with Crippen LogP contribution in [0.5, 0.6) is 5.75 Å². The van der Waals surface area contributed by atoms with E-state index in [9.17, 15) is 0 Å². The van der Waals surface area contributed by atoms with Crippen LogP contribution in [0.1, 0.15) is 58.6 Å². The van der Waals surface area contributed by atoms with Gasteiger partial charge in [-0.2, -0.15) is 0 Å². The fraction of sp³-hybridized carbons (Fsp3) is 0.667. The molecule has 2 rings (SSSR count). The van der Waals surface area contributed by atoms with E-state index >= 15 is 0 Å². The van der Waals surface area contributed by atoms with Crippen molar-refractivity contribution in [3.8, 4) is 5.75 Å². The Balaban J connectivity index is 2.23. The van der Waals surface area contributed by atoms with Crippen molar-refractivity contribution in [2.24, 2.45) is 0 Å². The Labute approximate surface area is 129 Å². The molecule has 21 heavy (non-hydrogen) atoms. The SMILES string of the molecule is CCCNC(c1ccccc1OC(C)C)C1CCC(C)O1. The largest absolute Gasteiger partial charge is 0.491 e. The molecule has 1 saturated heterocycles. The quantitative estimate of drug-likeness (QED) is 0.821. The van der Waals surface area contributed by atoms with Crippen LogP contribution in [0.3, 0.4) is 0 Å². The van der Waals surface area contributed by atoms with Crippen LogP contribution < -0.4 is 10.1 Å². The molecule has 0 aromatic heterocycles. The van der Waals surface area contributed by atoms with Gasteiger partial charge in [-0.25, -0.2) is 0 Å². The van der Waals surface area contributed by atoms with Crippen LogP contribution in [0, 0.1) is 0 Å². The fourth-order valence-corrected chi connectivity index (χ4v) is 2.92. The highest BCUT2D eigenvalue weighted by molar-refractivity contribution is 5.37. The van der Waals surface area contributed by atoms with Crippen LogP contribution in [0.2, 0.25) is 0 Å². The van der Waals surface area contributed by atoms with Crippen molar-refractivity contribution < 1.29 is 9.47 Å². The van der Waals surface area contributed by atoms with Crippen LogP contribution >= 0.6 is 0 Å². The number of benzene rings is 1. The summed E-state index contributed by atoms with van der Waals surface area (Å²) < 4.78 is 12.1. The summed E-state index contributed by atoms with van der Waals surface area (Å²) in [5.41, 5.74) is 1.22. The van der Waals surface area contributed by atoms with Crippen LogP contribution in [-0.2, 0) is 4.74 Å². The van der Waals surface area contributed by atoms with E-state index in [0.717, 1.165) is 31.6 Å². The number of hydrogen-bond donors (Lipinski definition) is 1. The molecule has 1 aliphatic rings. The highest BCUT2D eigenvalue weighted by Crippen LogP contribution is 2.34. The topological polar surface area (TPSA) is 30.5 Å². The van der Waals surface area contributed by atoms with Crippen molar-refractivity contribution >= 4 is 0 Å².